The van der Waals surface area contributed by atoms with E-state index < -0.39 is 48.8 Å². The number of carbonyl (C=O) groups is 2. The summed E-state index contributed by atoms with van der Waals surface area (Å²) >= 11 is 1.13. The summed E-state index contributed by atoms with van der Waals surface area (Å²) < 4.78 is 67.9. The van der Waals surface area contributed by atoms with Gasteiger partial charge >= 0.3 is 6.18 Å². The van der Waals surface area contributed by atoms with Gasteiger partial charge in [-0.15, -0.1) is 11.3 Å². The summed E-state index contributed by atoms with van der Waals surface area (Å²) in [5, 5.41) is 2.91. The molecule has 0 bridgehead atoms. The number of hydrogen-bond acceptors (Lipinski definition) is 6. The Balaban J connectivity index is 1.58. The molecule has 3 heterocycles. The average molecular weight is 598 g/mol. The van der Waals surface area contributed by atoms with E-state index in [2.05, 4.69) is 33.4 Å². The average Bonchev–Trinajstić information content (AvgIpc) is 3.36. The maximum atomic E-state index is 13.9. The third-order valence-corrected chi connectivity index (χ3v) is 10.6. The quantitative estimate of drug-likeness (QED) is 0.266. The van der Waals surface area contributed by atoms with Gasteiger partial charge in [-0.1, -0.05) is 19.1 Å². The normalized spacial score (nSPS) is 16.5. The summed E-state index contributed by atoms with van der Waals surface area (Å²) in [5.74, 6) is -4.69. The topological polar surface area (TPSA) is 88.1 Å². The molecule has 40 heavy (non-hydrogen) atoms. The lowest BCUT2D eigenvalue weighted by atomic mass is 10.0. The molecule has 1 N–H and O–H groups in total. The van der Waals surface area contributed by atoms with Crippen molar-refractivity contribution in [1.29, 1.82) is 0 Å². The largest absolute Gasteiger partial charge is 0.416 e. The first kappa shape index (κ1) is 29.7. The summed E-state index contributed by atoms with van der Waals surface area (Å²) in [6.07, 6.45) is 1.07. The fourth-order valence-corrected chi connectivity index (χ4v) is 8.09. The Morgan fingerprint density at radius 1 is 1.05 bits per heavy atom. The number of benzene rings is 1. The van der Waals surface area contributed by atoms with Crippen LogP contribution in [0.3, 0.4) is 0 Å². The molecule has 7 nitrogen and oxygen atoms in total. The van der Waals surface area contributed by atoms with Crippen LogP contribution in [-0.2, 0) is 12.1 Å². The molecule has 3 aromatic rings. The zero-order valence-electron chi connectivity index (χ0n) is 22.3. The number of alkyl halides is 5. The predicted molar refractivity (Wildman–Crippen MR) is 143 cm³/mol. The number of hydrogen-bond donors (Lipinski definition) is 1. The summed E-state index contributed by atoms with van der Waals surface area (Å²) in [6, 6.07) is 1.87. The second-order valence-electron chi connectivity index (χ2n) is 10.7. The molecule has 214 valence electrons. The van der Waals surface area contributed by atoms with E-state index in [1.54, 1.807) is 0 Å². The molecule has 0 spiro atoms. The molecule has 1 saturated heterocycles. The zero-order valence-corrected chi connectivity index (χ0v) is 24.1. The van der Waals surface area contributed by atoms with E-state index in [-0.39, 0.29) is 17.3 Å². The van der Waals surface area contributed by atoms with E-state index >= 15 is 0 Å². The molecule has 0 aliphatic carbocycles. The minimum Gasteiger partial charge on any atom is -0.344 e. The lowest BCUT2D eigenvalue weighted by molar-refractivity contribution is -0.137. The van der Waals surface area contributed by atoms with Gasteiger partial charge in [-0.2, -0.15) is 13.2 Å². The molecule has 4 rings (SSSR count). The van der Waals surface area contributed by atoms with Crippen molar-refractivity contribution in [2.45, 2.75) is 57.5 Å². The van der Waals surface area contributed by atoms with E-state index in [0.717, 1.165) is 30.0 Å². The van der Waals surface area contributed by atoms with Crippen molar-refractivity contribution in [3.05, 3.63) is 64.1 Å². The second kappa shape index (κ2) is 11.0. The molecule has 2 amide bonds. The monoisotopic (exact) mass is 597 g/mol. The number of nitrogens with zero attached hydrogens (tertiary/aromatic N) is 4. The van der Waals surface area contributed by atoms with Crippen molar-refractivity contribution >= 4 is 31.2 Å². The Kier molecular flexibility index (Phi) is 8.14. The third-order valence-electron chi connectivity index (χ3n) is 6.62. The van der Waals surface area contributed by atoms with E-state index in [1.807, 2.05) is 4.90 Å². The van der Waals surface area contributed by atoms with Gasteiger partial charge in [0.1, 0.15) is 15.6 Å². The van der Waals surface area contributed by atoms with Gasteiger partial charge in [0.2, 0.25) is 0 Å². The first-order valence-corrected chi connectivity index (χ1v) is 16.8. The van der Waals surface area contributed by atoms with Crippen molar-refractivity contribution in [2.24, 2.45) is 0 Å². The van der Waals surface area contributed by atoms with Crippen LogP contribution in [0.1, 0.15) is 63.2 Å². The van der Waals surface area contributed by atoms with E-state index in [1.165, 1.54) is 31.6 Å². The molecule has 14 heteroatoms. The Morgan fingerprint density at radius 3 is 2.38 bits per heavy atom. The summed E-state index contributed by atoms with van der Waals surface area (Å²) in [5.41, 5.74) is -2.32. The van der Waals surface area contributed by atoms with Crippen molar-refractivity contribution in [3.63, 3.8) is 0 Å². The summed E-state index contributed by atoms with van der Waals surface area (Å²) in [6.45, 7) is 7.18. The van der Waals surface area contributed by atoms with Gasteiger partial charge in [-0.3, -0.25) is 19.6 Å². The van der Waals surface area contributed by atoms with E-state index in [4.69, 9.17) is 0 Å². The molecule has 2 aromatic heterocycles. The molecule has 1 atom stereocenters. The summed E-state index contributed by atoms with van der Waals surface area (Å²) in [7, 11) is -1.48. The lowest BCUT2D eigenvalue weighted by Gasteiger charge is -2.36. The first-order chi connectivity index (χ1) is 18.5. The van der Waals surface area contributed by atoms with Gasteiger partial charge in [0.05, 0.1) is 31.6 Å². The van der Waals surface area contributed by atoms with Crippen LogP contribution < -0.4 is 5.32 Å². The van der Waals surface area contributed by atoms with Gasteiger partial charge < -0.3 is 10.2 Å². The molecule has 1 aromatic carbocycles. The molecule has 1 aliphatic rings. The van der Waals surface area contributed by atoms with Crippen LogP contribution in [0.2, 0.25) is 19.1 Å². The predicted octanol–water partition coefficient (Wildman–Crippen LogP) is 6.32. The van der Waals surface area contributed by atoms with Crippen LogP contribution in [-0.4, -0.2) is 52.5 Å². The molecule has 1 aliphatic heterocycles. The zero-order chi connectivity index (χ0) is 29.5. The number of amides is 2. The highest BCUT2D eigenvalue weighted by Crippen LogP contribution is 2.36. The summed E-state index contributed by atoms with van der Waals surface area (Å²) in [4.78, 5) is 41.3. The highest BCUT2D eigenvalue weighted by Gasteiger charge is 2.36. The van der Waals surface area contributed by atoms with Gasteiger partial charge in [0.15, 0.2) is 0 Å². The molecular formula is C26H28F5N5O2SSi. The number of aromatic nitrogens is 3. The maximum absolute atomic E-state index is 13.9. The minimum atomic E-state index is -4.92. The first-order valence-electron chi connectivity index (χ1n) is 12.5. The fraction of sp³-hybridized carbons (Fsp3) is 0.423. The molecular weight excluding hydrogens is 569 g/mol. The highest BCUT2D eigenvalue weighted by atomic mass is 32.1. The van der Waals surface area contributed by atoms with Crippen LogP contribution >= 0.6 is 11.3 Å². The van der Waals surface area contributed by atoms with Crippen molar-refractivity contribution in [3.8, 4) is 10.7 Å². The van der Waals surface area contributed by atoms with E-state index in [0.29, 0.717) is 35.5 Å². The van der Waals surface area contributed by atoms with E-state index in [9.17, 15) is 31.5 Å². The van der Waals surface area contributed by atoms with Crippen molar-refractivity contribution in [2.75, 3.05) is 12.7 Å². The van der Waals surface area contributed by atoms with Crippen LogP contribution in [0.15, 0.2) is 36.8 Å². The van der Waals surface area contributed by atoms with Crippen molar-refractivity contribution < 1.29 is 31.5 Å². The number of carbonyl (C=O) groups excluding carboxylic acids is 2. The Morgan fingerprint density at radius 2 is 1.73 bits per heavy atom. The van der Waals surface area contributed by atoms with Gasteiger partial charge in [-0.05, 0) is 31.5 Å². The van der Waals surface area contributed by atoms with Crippen molar-refractivity contribution in [1.82, 2.24) is 25.2 Å². The van der Waals surface area contributed by atoms with Gasteiger partial charge in [0, 0.05) is 43.2 Å². The molecule has 0 radical (unpaired) electrons. The number of thiazole rings is 1. The fourth-order valence-electron chi connectivity index (χ4n) is 4.59. The Labute approximate surface area is 232 Å². The SMILES string of the molecule is CC(NC(=O)c1cc(C(C)(F)F)cc(C(F)(F)F)c1)c1nccnc1-c1ncc(C(=O)N2CCC[Si](C)(C)C2)s1. The highest BCUT2D eigenvalue weighted by molar-refractivity contribution is 7.16. The molecule has 1 unspecified atom stereocenters. The van der Waals surface area contributed by atoms with Crippen LogP contribution in [0.5, 0.6) is 0 Å². The number of halogens is 5. The minimum absolute atomic E-state index is 0.108. The molecule has 0 saturated carbocycles. The Bertz CT molecular complexity index is 1390. The molecule has 1 fully saturated rings. The smallest absolute Gasteiger partial charge is 0.344 e. The second-order valence-corrected chi connectivity index (χ2v) is 16.9. The van der Waals surface area contributed by atoms with Gasteiger partial charge in [-0.25, -0.2) is 13.8 Å². The van der Waals surface area contributed by atoms with Gasteiger partial charge in [0.25, 0.3) is 17.7 Å². The Hall–Kier alpha value is -3.26. The lowest BCUT2D eigenvalue weighted by Crippen LogP contribution is -2.49. The number of rotatable bonds is 6. The van der Waals surface area contributed by atoms with Crippen LogP contribution in [0, 0.1) is 0 Å². The number of nitrogens with one attached hydrogen (secondary N) is 1. The maximum Gasteiger partial charge on any atom is 0.416 e. The standard InChI is InChI=1S/C26H28F5N5O2SSi/c1-15(35-22(37)16-10-17(25(2,27)28)12-18(11-16)26(29,30)31)20-21(33-7-6-32-20)23-34-13-19(39-23)24(38)36-8-5-9-40(3,4)14-36/h6-7,10-13,15H,5,8-9,14H2,1-4H3,(H,35,37). The third kappa shape index (κ3) is 6.71. The van der Waals surface area contributed by atoms with Crippen LogP contribution in [0.4, 0.5) is 22.0 Å². The van der Waals surface area contributed by atoms with Crippen LogP contribution in [0.25, 0.3) is 10.7 Å².